The highest BCUT2D eigenvalue weighted by atomic mass is 32.2. The number of anilines is 1. The normalized spacial score (nSPS) is 15.4. The van der Waals surface area contributed by atoms with Crippen LogP contribution in [0.5, 0.6) is 0 Å². The molecule has 0 fully saturated rings. The van der Waals surface area contributed by atoms with Crippen molar-refractivity contribution in [2.45, 2.75) is 69.8 Å². The molecule has 0 saturated heterocycles. The first-order valence-electron chi connectivity index (χ1n) is 10.9. The van der Waals surface area contributed by atoms with Crippen LogP contribution in [0.15, 0.2) is 48.5 Å². The zero-order valence-electron chi connectivity index (χ0n) is 20.1. The van der Waals surface area contributed by atoms with Crippen molar-refractivity contribution >= 4 is 23.9 Å². The van der Waals surface area contributed by atoms with Crippen LogP contribution in [-0.2, 0) is 21.9 Å². The molecule has 2 atom stereocenters. The lowest BCUT2D eigenvalue weighted by atomic mass is 9.98. The lowest BCUT2D eigenvalue weighted by molar-refractivity contribution is -0.143. The lowest BCUT2D eigenvalue weighted by Crippen LogP contribution is -2.48. The van der Waals surface area contributed by atoms with Crippen molar-refractivity contribution < 1.29 is 35.9 Å². The Kier molecular flexibility index (Phi) is 8.98. The highest BCUT2D eigenvalue weighted by Crippen LogP contribution is 2.41. The van der Waals surface area contributed by atoms with E-state index in [0.717, 1.165) is 12.0 Å². The molecule has 3 nitrogen and oxygen atoms in total. The number of carbonyl (C=O) groups excluding carboxylic acids is 1. The number of carbonyl (C=O) groups is 1. The molecule has 35 heavy (non-hydrogen) atoms. The highest BCUT2D eigenvalue weighted by molar-refractivity contribution is 8.02. The SMILES string of the molecule is C[C@@H](OC[C@@](C)(CC=O)N(SC(C)(C)C)c1ccccc1)c1cc(C(F)(F)F)cc(C(F)(F)F)c1. The summed E-state index contributed by atoms with van der Waals surface area (Å²) in [4.78, 5) is 11.6. The van der Waals surface area contributed by atoms with E-state index in [9.17, 15) is 31.1 Å². The van der Waals surface area contributed by atoms with Gasteiger partial charge in [0.25, 0.3) is 0 Å². The summed E-state index contributed by atoms with van der Waals surface area (Å²) in [6.45, 7) is 9.00. The minimum absolute atomic E-state index is 0.0219. The van der Waals surface area contributed by atoms with E-state index in [0.29, 0.717) is 12.1 Å². The maximum Gasteiger partial charge on any atom is 0.416 e. The van der Waals surface area contributed by atoms with Crippen LogP contribution < -0.4 is 4.31 Å². The number of ether oxygens (including phenoxy) is 1. The van der Waals surface area contributed by atoms with Gasteiger partial charge >= 0.3 is 12.4 Å². The molecule has 0 bridgehead atoms. The van der Waals surface area contributed by atoms with Crippen LogP contribution in [-0.4, -0.2) is 23.2 Å². The van der Waals surface area contributed by atoms with E-state index in [4.69, 9.17) is 4.74 Å². The van der Waals surface area contributed by atoms with Crippen molar-refractivity contribution in [3.63, 3.8) is 0 Å². The summed E-state index contributed by atoms with van der Waals surface area (Å²) < 4.78 is 87.1. The van der Waals surface area contributed by atoms with Gasteiger partial charge in [-0.05, 0) is 82.5 Å². The van der Waals surface area contributed by atoms with Crippen LogP contribution >= 0.6 is 11.9 Å². The van der Waals surface area contributed by atoms with Crippen LogP contribution in [0.2, 0.25) is 0 Å². The van der Waals surface area contributed by atoms with Gasteiger partial charge in [-0.1, -0.05) is 18.2 Å². The molecule has 0 saturated carbocycles. The molecule has 2 aromatic carbocycles. The summed E-state index contributed by atoms with van der Waals surface area (Å²) in [5.41, 5.74) is -3.21. The molecule has 2 rings (SSSR count). The fourth-order valence-corrected chi connectivity index (χ4v) is 4.43. The lowest BCUT2D eigenvalue weighted by Gasteiger charge is -2.44. The number of benzene rings is 2. The number of halogens is 6. The largest absolute Gasteiger partial charge is 0.416 e. The van der Waals surface area contributed by atoms with Gasteiger partial charge in [-0.2, -0.15) is 26.3 Å². The summed E-state index contributed by atoms with van der Waals surface area (Å²) in [6, 6.07) is 10.6. The third kappa shape index (κ3) is 8.17. The van der Waals surface area contributed by atoms with E-state index in [2.05, 4.69) is 0 Å². The zero-order valence-corrected chi connectivity index (χ0v) is 20.9. The predicted octanol–water partition coefficient (Wildman–Crippen LogP) is 8.10. The molecule has 10 heteroatoms. The average molecular weight is 522 g/mol. The molecule has 0 aliphatic rings. The number of rotatable bonds is 9. The van der Waals surface area contributed by atoms with Crippen molar-refractivity contribution in [3.8, 4) is 0 Å². The van der Waals surface area contributed by atoms with Gasteiger partial charge < -0.3 is 13.8 Å². The molecule has 0 N–H and O–H groups in total. The summed E-state index contributed by atoms with van der Waals surface area (Å²) in [6.07, 6.45) is -10.3. The second kappa shape index (κ2) is 10.8. The van der Waals surface area contributed by atoms with Crippen molar-refractivity contribution in [3.05, 3.63) is 65.2 Å². The third-order valence-electron chi connectivity index (χ3n) is 5.09. The quantitative estimate of drug-likeness (QED) is 0.189. The Labute approximate surface area is 206 Å². The van der Waals surface area contributed by atoms with E-state index in [1.165, 1.54) is 18.9 Å². The van der Waals surface area contributed by atoms with E-state index in [1.54, 1.807) is 6.92 Å². The first kappa shape index (κ1) is 29.0. The molecule has 194 valence electrons. The number of nitrogens with zero attached hydrogens (tertiary/aromatic N) is 1. The smallest absolute Gasteiger partial charge is 0.371 e. The van der Waals surface area contributed by atoms with Gasteiger partial charge in [0.1, 0.15) is 6.29 Å². The van der Waals surface area contributed by atoms with E-state index in [-0.39, 0.29) is 29.4 Å². The molecule has 0 radical (unpaired) electrons. The fraction of sp³-hybridized carbons (Fsp3) is 0.480. The second-order valence-electron chi connectivity index (χ2n) is 9.49. The Morgan fingerprint density at radius 2 is 1.43 bits per heavy atom. The number of hydrogen-bond donors (Lipinski definition) is 0. The van der Waals surface area contributed by atoms with E-state index in [1.807, 2.05) is 55.4 Å². The van der Waals surface area contributed by atoms with Gasteiger partial charge in [0.15, 0.2) is 0 Å². The van der Waals surface area contributed by atoms with Crippen LogP contribution in [0.1, 0.15) is 63.8 Å². The number of hydrogen-bond acceptors (Lipinski definition) is 4. The Hall–Kier alpha value is -2.20. The van der Waals surface area contributed by atoms with Gasteiger partial charge in [0.05, 0.1) is 29.4 Å². The molecule has 0 heterocycles. The van der Waals surface area contributed by atoms with Crippen LogP contribution in [0.4, 0.5) is 32.0 Å². The average Bonchev–Trinajstić information content (AvgIpc) is 2.74. The number of alkyl halides is 6. The summed E-state index contributed by atoms with van der Waals surface area (Å²) in [5.74, 6) is 0. The first-order valence-corrected chi connectivity index (χ1v) is 11.6. The Morgan fingerprint density at radius 1 is 0.914 bits per heavy atom. The molecule has 2 aromatic rings. The van der Waals surface area contributed by atoms with E-state index < -0.39 is 35.1 Å². The van der Waals surface area contributed by atoms with Crippen LogP contribution in [0.3, 0.4) is 0 Å². The van der Waals surface area contributed by atoms with Gasteiger partial charge in [0, 0.05) is 16.9 Å². The standard InChI is InChI=1S/C25H29F6NO2S/c1-17(18-13-19(24(26,27)28)15-20(14-18)25(29,30)31)34-16-23(5,11-12-33)32(35-22(2,3)4)21-9-7-6-8-10-21/h6-10,12-15,17H,11,16H2,1-5H3/t17-,23-/m1/s1. The summed E-state index contributed by atoms with van der Waals surface area (Å²) in [7, 11) is 0. The van der Waals surface area contributed by atoms with Gasteiger partial charge in [0.2, 0.25) is 0 Å². The second-order valence-corrected chi connectivity index (χ2v) is 11.3. The molecule has 0 aliphatic heterocycles. The minimum atomic E-state index is -4.95. The monoisotopic (exact) mass is 521 g/mol. The van der Waals surface area contributed by atoms with Crippen LogP contribution in [0, 0.1) is 0 Å². The Morgan fingerprint density at radius 3 is 1.86 bits per heavy atom. The summed E-state index contributed by atoms with van der Waals surface area (Å²) in [5, 5.41) is 0. The fourth-order valence-electron chi connectivity index (χ4n) is 3.31. The maximum absolute atomic E-state index is 13.3. The third-order valence-corrected chi connectivity index (χ3v) is 6.47. The highest BCUT2D eigenvalue weighted by Gasteiger charge is 2.39. The molecular formula is C25H29F6NO2S. The number of para-hydroxylation sites is 1. The molecule has 0 unspecified atom stereocenters. The Balaban J connectivity index is 2.41. The van der Waals surface area contributed by atoms with Crippen molar-refractivity contribution in [2.24, 2.45) is 0 Å². The van der Waals surface area contributed by atoms with E-state index >= 15 is 0 Å². The molecular weight excluding hydrogens is 492 g/mol. The Bertz CT molecular complexity index is 956. The molecule has 0 amide bonds. The van der Waals surface area contributed by atoms with Crippen molar-refractivity contribution in [2.75, 3.05) is 10.9 Å². The van der Waals surface area contributed by atoms with Gasteiger partial charge in [-0.3, -0.25) is 0 Å². The van der Waals surface area contributed by atoms with Gasteiger partial charge in [-0.15, -0.1) is 0 Å². The van der Waals surface area contributed by atoms with Crippen molar-refractivity contribution in [1.29, 1.82) is 0 Å². The van der Waals surface area contributed by atoms with Crippen molar-refractivity contribution in [1.82, 2.24) is 0 Å². The molecule has 0 aliphatic carbocycles. The van der Waals surface area contributed by atoms with Crippen LogP contribution in [0.25, 0.3) is 0 Å². The maximum atomic E-state index is 13.3. The minimum Gasteiger partial charge on any atom is -0.371 e. The predicted molar refractivity (Wildman–Crippen MR) is 126 cm³/mol. The first-order chi connectivity index (χ1) is 16.0. The summed E-state index contributed by atoms with van der Waals surface area (Å²) >= 11 is 1.46. The zero-order chi connectivity index (χ0) is 26.7. The molecule has 0 spiro atoms. The van der Waals surface area contributed by atoms with Gasteiger partial charge in [-0.25, -0.2) is 0 Å². The topological polar surface area (TPSA) is 29.5 Å². The molecule has 0 aromatic heterocycles. The number of aldehydes is 1.